The minimum atomic E-state index is -0.253. The average Bonchev–Trinajstić information content (AvgIpc) is 1.85. The van der Waals surface area contributed by atoms with Crippen molar-refractivity contribution in [1.82, 2.24) is 0 Å². The van der Waals surface area contributed by atoms with Gasteiger partial charge in [0.15, 0.2) is 0 Å². The summed E-state index contributed by atoms with van der Waals surface area (Å²) in [5.74, 6) is 0. The first-order chi connectivity index (χ1) is 4.48. The molecule has 0 radical (unpaired) electrons. The Kier molecular flexibility index (Phi) is 4.26. The zero-order chi connectivity index (χ0) is 8.20. The van der Waals surface area contributed by atoms with Gasteiger partial charge in [-0.2, -0.15) is 0 Å². The molecule has 0 aromatic carbocycles. The van der Waals surface area contributed by atoms with E-state index in [0.29, 0.717) is 0 Å². The zero-order valence-electron chi connectivity index (χ0n) is 6.95. The van der Waals surface area contributed by atoms with Crippen molar-refractivity contribution in [3.8, 4) is 0 Å². The third kappa shape index (κ3) is 5.04. The fourth-order valence-corrected chi connectivity index (χ4v) is 0.766. The van der Waals surface area contributed by atoms with Crippen molar-refractivity contribution in [3.63, 3.8) is 0 Å². The molecule has 0 spiro atoms. The van der Waals surface area contributed by atoms with E-state index in [1.807, 2.05) is 20.8 Å². The van der Waals surface area contributed by atoms with Crippen molar-refractivity contribution in [2.24, 2.45) is 5.41 Å². The second kappa shape index (κ2) is 4.17. The molecule has 1 atom stereocenters. The molecule has 10 heavy (non-hydrogen) atoms. The van der Waals surface area contributed by atoms with Crippen LogP contribution in [0.25, 0.3) is 0 Å². The number of rotatable bonds is 4. The van der Waals surface area contributed by atoms with Crippen LogP contribution < -0.4 is 0 Å². The van der Waals surface area contributed by atoms with E-state index in [4.69, 9.17) is 11.6 Å². The smallest absolute Gasteiger partial charge is 0.0945 e. The molecule has 0 aromatic heterocycles. The van der Waals surface area contributed by atoms with Crippen LogP contribution in [0, 0.1) is 5.41 Å². The molecule has 0 N–H and O–H groups in total. The van der Waals surface area contributed by atoms with Crippen molar-refractivity contribution < 1.29 is 4.39 Å². The summed E-state index contributed by atoms with van der Waals surface area (Å²) in [5.41, 5.74) is -0.177. The molecule has 0 amide bonds. The first kappa shape index (κ1) is 10.2. The highest BCUT2D eigenvalue weighted by Crippen LogP contribution is 2.24. The highest BCUT2D eigenvalue weighted by molar-refractivity contribution is 6.20. The van der Waals surface area contributed by atoms with Gasteiger partial charge in [-0.05, 0) is 25.2 Å². The first-order valence-corrected chi connectivity index (χ1v) is 4.11. The highest BCUT2D eigenvalue weighted by Gasteiger charge is 2.17. The van der Waals surface area contributed by atoms with Crippen LogP contribution in [-0.4, -0.2) is 12.1 Å². The van der Waals surface area contributed by atoms with Crippen molar-refractivity contribution >= 4 is 11.6 Å². The van der Waals surface area contributed by atoms with Gasteiger partial charge in [0.05, 0.1) is 6.67 Å². The molecule has 0 fully saturated rings. The lowest BCUT2D eigenvalue weighted by molar-refractivity contribution is 0.235. The van der Waals surface area contributed by atoms with Crippen molar-refractivity contribution in [2.45, 2.75) is 39.0 Å². The summed E-state index contributed by atoms with van der Waals surface area (Å²) in [6, 6.07) is 0. The Labute approximate surface area is 67.8 Å². The predicted octanol–water partition coefficient (Wildman–Crippen LogP) is 3.39. The largest absolute Gasteiger partial charge is 0.251 e. The Hall–Kier alpha value is 0.220. The van der Waals surface area contributed by atoms with Crippen LogP contribution >= 0.6 is 11.6 Å². The van der Waals surface area contributed by atoms with Crippen LogP contribution in [0.4, 0.5) is 4.39 Å². The van der Waals surface area contributed by atoms with Crippen molar-refractivity contribution in [2.75, 3.05) is 6.67 Å². The monoisotopic (exact) mass is 166 g/mol. The van der Waals surface area contributed by atoms with Gasteiger partial charge < -0.3 is 0 Å². The van der Waals surface area contributed by atoms with E-state index in [1.54, 1.807) is 0 Å². The van der Waals surface area contributed by atoms with Gasteiger partial charge in [0.2, 0.25) is 0 Å². The van der Waals surface area contributed by atoms with Crippen LogP contribution in [-0.2, 0) is 0 Å². The molecule has 0 heterocycles. The van der Waals surface area contributed by atoms with E-state index in [-0.39, 0.29) is 17.5 Å². The fraction of sp³-hybridized carbons (Fsp3) is 1.00. The quantitative estimate of drug-likeness (QED) is 0.562. The average molecular weight is 167 g/mol. The molecule has 0 bridgehead atoms. The van der Waals surface area contributed by atoms with Gasteiger partial charge in [0.1, 0.15) is 0 Å². The molecule has 0 saturated heterocycles. The van der Waals surface area contributed by atoms with Gasteiger partial charge >= 0.3 is 0 Å². The summed E-state index contributed by atoms with van der Waals surface area (Å²) in [6.07, 6.45) is 1.77. The summed E-state index contributed by atoms with van der Waals surface area (Å²) in [4.78, 5) is 0. The molecule has 2 heteroatoms. The highest BCUT2D eigenvalue weighted by atomic mass is 35.5. The Morgan fingerprint density at radius 1 is 1.50 bits per heavy atom. The van der Waals surface area contributed by atoms with Crippen LogP contribution in [0.3, 0.4) is 0 Å². The number of alkyl halides is 2. The maximum Gasteiger partial charge on any atom is 0.0945 e. The standard InChI is InChI=1S/C8H16ClF/c1-7(9)4-5-8(2,3)6-10/h7H,4-6H2,1-3H3/t7-/m0/s1. The summed E-state index contributed by atoms with van der Waals surface area (Å²) in [6.45, 7) is 5.53. The van der Waals surface area contributed by atoms with E-state index in [2.05, 4.69) is 0 Å². The van der Waals surface area contributed by atoms with Gasteiger partial charge in [-0.3, -0.25) is 4.39 Å². The molecule has 0 aromatic rings. The molecule has 0 unspecified atom stereocenters. The topological polar surface area (TPSA) is 0 Å². The zero-order valence-corrected chi connectivity index (χ0v) is 7.71. The first-order valence-electron chi connectivity index (χ1n) is 3.68. The van der Waals surface area contributed by atoms with Crippen LogP contribution in [0.5, 0.6) is 0 Å². The lowest BCUT2D eigenvalue weighted by Crippen LogP contribution is -2.15. The molecular weight excluding hydrogens is 151 g/mol. The Balaban J connectivity index is 3.46. The van der Waals surface area contributed by atoms with E-state index in [0.717, 1.165) is 12.8 Å². The predicted molar refractivity (Wildman–Crippen MR) is 44.3 cm³/mol. The lowest BCUT2D eigenvalue weighted by atomic mass is 9.89. The van der Waals surface area contributed by atoms with Crippen LogP contribution in [0.1, 0.15) is 33.6 Å². The molecular formula is C8H16ClF. The second-order valence-corrected chi connectivity index (χ2v) is 4.36. The summed E-state index contributed by atoms with van der Waals surface area (Å²) < 4.78 is 12.2. The fourth-order valence-electron chi connectivity index (χ4n) is 0.656. The number of hydrogen-bond donors (Lipinski definition) is 0. The van der Waals surface area contributed by atoms with Gasteiger partial charge in [0.25, 0.3) is 0 Å². The molecule has 0 nitrogen and oxygen atoms in total. The van der Waals surface area contributed by atoms with Gasteiger partial charge in [-0.15, -0.1) is 11.6 Å². The van der Waals surface area contributed by atoms with E-state index in [9.17, 15) is 4.39 Å². The Morgan fingerprint density at radius 2 is 2.00 bits per heavy atom. The van der Waals surface area contributed by atoms with E-state index in [1.165, 1.54) is 0 Å². The van der Waals surface area contributed by atoms with Gasteiger partial charge in [-0.1, -0.05) is 13.8 Å². The third-order valence-electron chi connectivity index (χ3n) is 1.58. The van der Waals surface area contributed by atoms with Crippen LogP contribution in [0.15, 0.2) is 0 Å². The van der Waals surface area contributed by atoms with Gasteiger partial charge in [0, 0.05) is 5.38 Å². The Bertz CT molecular complexity index is 89.3. The Morgan fingerprint density at radius 3 is 2.30 bits per heavy atom. The lowest BCUT2D eigenvalue weighted by Gasteiger charge is -2.20. The van der Waals surface area contributed by atoms with Crippen molar-refractivity contribution in [1.29, 1.82) is 0 Å². The summed E-state index contributed by atoms with van der Waals surface area (Å²) in [7, 11) is 0. The van der Waals surface area contributed by atoms with E-state index < -0.39 is 0 Å². The SMILES string of the molecule is C[C@H](Cl)CCC(C)(C)CF. The second-order valence-electron chi connectivity index (χ2n) is 3.62. The number of hydrogen-bond acceptors (Lipinski definition) is 0. The van der Waals surface area contributed by atoms with E-state index >= 15 is 0 Å². The molecule has 0 saturated carbocycles. The summed E-state index contributed by atoms with van der Waals surface area (Å²) >= 11 is 5.72. The third-order valence-corrected chi connectivity index (χ3v) is 1.80. The maximum absolute atomic E-state index is 12.2. The van der Waals surface area contributed by atoms with Crippen molar-refractivity contribution in [3.05, 3.63) is 0 Å². The molecule has 0 aliphatic rings. The summed E-state index contributed by atoms with van der Waals surface area (Å²) in [5, 5.41) is 0.172. The molecule has 0 rings (SSSR count). The molecule has 0 aliphatic heterocycles. The minimum Gasteiger partial charge on any atom is -0.251 e. The number of halogens is 2. The normalized spacial score (nSPS) is 15.3. The van der Waals surface area contributed by atoms with Crippen LogP contribution in [0.2, 0.25) is 0 Å². The molecule has 0 aliphatic carbocycles. The minimum absolute atomic E-state index is 0.172. The molecule has 62 valence electrons. The van der Waals surface area contributed by atoms with Gasteiger partial charge in [-0.25, -0.2) is 0 Å². The maximum atomic E-state index is 12.2.